The van der Waals surface area contributed by atoms with Gasteiger partial charge in [0.05, 0.1) is 6.04 Å². The lowest BCUT2D eigenvalue weighted by Gasteiger charge is -2.09. The molecule has 0 amide bonds. The van der Waals surface area contributed by atoms with Crippen molar-refractivity contribution < 1.29 is 5.11 Å². The Hall–Kier alpha value is 0.330. The summed E-state index contributed by atoms with van der Waals surface area (Å²) in [7, 11) is 0. The zero-order chi connectivity index (χ0) is 7.56. The quantitative estimate of drug-likeness (QED) is 0.620. The summed E-state index contributed by atoms with van der Waals surface area (Å²) in [5, 5.41) is 9.08. The molecule has 4 heteroatoms. The van der Waals surface area contributed by atoms with E-state index >= 15 is 0 Å². The Labute approximate surface area is 70.5 Å². The molecule has 0 aromatic heterocycles. The highest BCUT2D eigenvalue weighted by Crippen LogP contribution is 2.30. The molecule has 1 N–H and O–H groups in total. The Balaban J connectivity index is 2.39. The second-order valence-electron chi connectivity index (χ2n) is 2.32. The molecule has 0 fully saturated rings. The fourth-order valence-electron chi connectivity index (χ4n) is 0.949. The molecule has 1 aliphatic rings. The minimum atomic E-state index is 0.249. The van der Waals surface area contributed by atoms with Gasteiger partial charge in [0.25, 0.3) is 0 Å². The van der Waals surface area contributed by atoms with Crippen molar-refractivity contribution in [3.63, 3.8) is 0 Å². The number of nitrogens with zero attached hydrogens (tertiary/aromatic N) is 1. The minimum absolute atomic E-state index is 0.249. The van der Waals surface area contributed by atoms with Crippen molar-refractivity contribution in [3.8, 4) is 0 Å². The van der Waals surface area contributed by atoms with Crippen LogP contribution in [0, 0.1) is 0 Å². The molecule has 0 aromatic rings. The summed E-state index contributed by atoms with van der Waals surface area (Å²) in [4.78, 5) is 4.22. The van der Waals surface area contributed by atoms with Crippen LogP contribution in [0.15, 0.2) is 4.99 Å². The molecule has 10 heavy (non-hydrogen) atoms. The van der Waals surface area contributed by atoms with Crippen LogP contribution >= 0.6 is 24.4 Å². The van der Waals surface area contributed by atoms with Crippen LogP contribution in [0.5, 0.6) is 0 Å². The van der Waals surface area contributed by atoms with E-state index in [-0.39, 0.29) is 6.61 Å². The lowest BCUT2D eigenvalue weighted by atomic mass is 10.2. The van der Waals surface area contributed by atoms with Crippen molar-refractivity contribution in [2.75, 3.05) is 6.61 Å². The third-order valence-electron chi connectivity index (χ3n) is 1.52. The normalized spacial score (nSPS) is 32.5. The monoisotopic (exact) mass is 177 g/mol. The van der Waals surface area contributed by atoms with Crippen LogP contribution in [-0.2, 0) is 0 Å². The molecule has 0 bridgehead atoms. The van der Waals surface area contributed by atoms with Gasteiger partial charge in [-0.05, 0) is 13.3 Å². The highest BCUT2D eigenvalue weighted by molar-refractivity contribution is 8.33. The van der Waals surface area contributed by atoms with E-state index in [1.807, 2.05) is 0 Å². The van der Waals surface area contributed by atoms with Crippen molar-refractivity contribution in [1.29, 1.82) is 0 Å². The minimum Gasteiger partial charge on any atom is -0.396 e. The molecule has 0 aliphatic carbocycles. The first-order valence-corrected chi connectivity index (χ1v) is 4.61. The zero-order valence-electron chi connectivity index (χ0n) is 5.82. The molecule has 0 saturated heterocycles. The molecule has 0 spiro atoms. The van der Waals surface area contributed by atoms with Gasteiger partial charge in [-0.15, -0.1) is 12.6 Å². The summed E-state index contributed by atoms with van der Waals surface area (Å²) in [6, 6.07) is 0.324. The molecule has 2 nitrogen and oxygen atoms in total. The van der Waals surface area contributed by atoms with Crippen molar-refractivity contribution >= 4 is 28.8 Å². The molecule has 2 unspecified atom stereocenters. The number of hydrogen-bond donors (Lipinski definition) is 2. The lowest BCUT2D eigenvalue weighted by Crippen LogP contribution is -2.14. The van der Waals surface area contributed by atoms with E-state index in [0.717, 1.165) is 10.8 Å². The number of aliphatic hydroxyl groups is 1. The van der Waals surface area contributed by atoms with Crippen molar-refractivity contribution in [2.45, 2.75) is 24.6 Å². The molecule has 1 heterocycles. The van der Waals surface area contributed by atoms with Gasteiger partial charge in [0.15, 0.2) is 0 Å². The van der Waals surface area contributed by atoms with Gasteiger partial charge in [0.2, 0.25) is 0 Å². The first-order valence-electron chi connectivity index (χ1n) is 3.28. The number of hydrogen-bond acceptors (Lipinski definition) is 3. The van der Waals surface area contributed by atoms with Crippen LogP contribution in [0.3, 0.4) is 0 Å². The summed E-state index contributed by atoms with van der Waals surface area (Å²) in [6.45, 7) is 2.30. The van der Waals surface area contributed by atoms with Gasteiger partial charge >= 0.3 is 0 Å². The Morgan fingerprint density at radius 2 is 2.50 bits per heavy atom. The largest absolute Gasteiger partial charge is 0.396 e. The second kappa shape index (κ2) is 3.64. The molecular formula is C6H11NOS2. The molecule has 0 saturated carbocycles. The highest BCUT2D eigenvalue weighted by atomic mass is 32.2. The maximum Gasteiger partial charge on any atom is 0.122 e. The van der Waals surface area contributed by atoms with E-state index in [2.05, 4.69) is 24.5 Å². The lowest BCUT2D eigenvalue weighted by molar-refractivity contribution is 0.284. The van der Waals surface area contributed by atoms with E-state index in [9.17, 15) is 0 Å². The highest BCUT2D eigenvalue weighted by Gasteiger charge is 2.23. The van der Waals surface area contributed by atoms with Crippen LogP contribution in [0.25, 0.3) is 0 Å². The predicted molar refractivity (Wildman–Crippen MR) is 49.0 cm³/mol. The summed E-state index contributed by atoms with van der Waals surface area (Å²) in [5.74, 6) is 0. The Morgan fingerprint density at radius 3 is 2.90 bits per heavy atom. The molecule has 0 aromatic carbocycles. The van der Waals surface area contributed by atoms with Crippen LogP contribution in [0.4, 0.5) is 0 Å². The number of thioether (sulfide) groups is 1. The fraction of sp³-hybridized carbons (Fsp3) is 0.833. The number of aliphatic hydroxyl groups excluding tert-OH is 1. The molecule has 2 atom stereocenters. The number of aliphatic imine (C=N–C) groups is 1. The molecule has 0 radical (unpaired) electrons. The summed E-state index contributed by atoms with van der Waals surface area (Å²) >= 11 is 5.79. The zero-order valence-corrected chi connectivity index (χ0v) is 7.53. The van der Waals surface area contributed by atoms with Gasteiger partial charge in [-0.2, -0.15) is 0 Å². The van der Waals surface area contributed by atoms with Crippen molar-refractivity contribution in [1.82, 2.24) is 0 Å². The van der Waals surface area contributed by atoms with E-state index in [1.54, 1.807) is 11.8 Å². The topological polar surface area (TPSA) is 32.6 Å². The Kier molecular flexibility index (Phi) is 3.07. The first-order chi connectivity index (χ1) is 4.74. The summed E-state index contributed by atoms with van der Waals surface area (Å²) < 4.78 is 0.853. The fourth-order valence-corrected chi connectivity index (χ4v) is 2.52. The van der Waals surface area contributed by atoms with Gasteiger partial charge in [0, 0.05) is 11.9 Å². The Morgan fingerprint density at radius 1 is 1.80 bits per heavy atom. The second-order valence-corrected chi connectivity index (χ2v) is 4.27. The van der Waals surface area contributed by atoms with Crippen molar-refractivity contribution in [3.05, 3.63) is 0 Å². The first kappa shape index (κ1) is 8.43. The maximum absolute atomic E-state index is 8.64. The molecular weight excluding hydrogens is 166 g/mol. The average molecular weight is 177 g/mol. The molecule has 1 rings (SSSR count). The maximum atomic E-state index is 8.64. The van der Waals surface area contributed by atoms with Crippen LogP contribution in [0.1, 0.15) is 13.3 Å². The van der Waals surface area contributed by atoms with Gasteiger partial charge in [-0.25, -0.2) is 0 Å². The van der Waals surface area contributed by atoms with E-state index in [0.29, 0.717) is 11.3 Å². The third kappa shape index (κ3) is 1.90. The van der Waals surface area contributed by atoms with Crippen LogP contribution < -0.4 is 0 Å². The standard InChI is InChI=1S/C6H11NOS2/c1-4-5(2-3-8)10-6(9)7-4/h4-5,8H,2-3H2,1H3,(H,7,9). The number of thiol groups is 1. The smallest absolute Gasteiger partial charge is 0.122 e. The van der Waals surface area contributed by atoms with Gasteiger partial charge in [-0.3, -0.25) is 4.99 Å². The van der Waals surface area contributed by atoms with Crippen molar-refractivity contribution in [2.24, 2.45) is 4.99 Å². The SMILES string of the molecule is CC1N=C(S)SC1CCO. The Bertz CT molecular complexity index is 149. The van der Waals surface area contributed by atoms with Gasteiger partial charge in [-0.1, -0.05) is 11.8 Å². The van der Waals surface area contributed by atoms with Crippen LogP contribution in [-0.4, -0.2) is 27.4 Å². The number of rotatable bonds is 2. The van der Waals surface area contributed by atoms with E-state index in [4.69, 9.17) is 5.11 Å². The average Bonchev–Trinajstić information content (AvgIpc) is 2.13. The summed E-state index contributed by atoms with van der Waals surface area (Å²) in [5.41, 5.74) is 0. The van der Waals surface area contributed by atoms with Gasteiger partial charge in [0.1, 0.15) is 4.38 Å². The molecule has 58 valence electrons. The van der Waals surface area contributed by atoms with Crippen LogP contribution in [0.2, 0.25) is 0 Å². The van der Waals surface area contributed by atoms with Gasteiger partial charge < -0.3 is 5.11 Å². The van der Waals surface area contributed by atoms with E-state index in [1.165, 1.54) is 0 Å². The predicted octanol–water partition coefficient (Wildman–Crippen LogP) is 1.16. The summed E-state index contributed by atoms with van der Waals surface area (Å²) in [6.07, 6.45) is 0.819. The molecule has 1 aliphatic heterocycles. The third-order valence-corrected chi connectivity index (χ3v) is 3.20. The van der Waals surface area contributed by atoms with E-state index < -0.39 is 0 Å².